The Morgan fingerprint density at radius 1 is 0.920 bits per heavy atom. The number of halogens is 1. The van der Waals surface area contributed by atoms with E-state index in [-0.39, 0.29) is 23.9 Å². The third kappa shape index (κ3) is 6.75. The summed E-state index contributed by atoms with van der Waals surface area (Å²) in [6.07, 6.45) is 7.23. The van der Waals surface area contributed by atoms with Gasteiger partial charge in [-0.25, -0.2) is 4.79 Å². The molecule has 0 atom stereocenters. The molecular formula is C20H25ClO4. The van der Waals surface area contributed by atoms with Gasteiger partial charge in [0.2, 0.25) is 0 Å². The van der Waals surface area contributed by atoms with Crippen LogP contribution in [0, 0.1) is 0 Å². The molecule has 4 nitrogen and oxygen atoms in total. The average molecular weight is 365 g/mol. The van der Waals surface area contributed by atoms with Crippen LogP contribution in [-0.2, 0) is 4.79 Å². The van der Waals surface area contributed by atoms with E-state index in [0.29, 0.717) is 12.2 Å². The number of unbranched alkanes of at least 4 members (excludes halogenated alkanes) is 5. The molecule has 0 saturated carbocycles. The Morgan fingerprint density at radius 2 is 1.56 bits per heavy atom. The number of carbonyl (C=O) groups excluding carboxylic acids is 1. The van der Waals surface area contributed by atoms with Crippen molar-refractivity contribution in [2.24, 2.45) is 0 Å². The third-order valence-electron chi connectivity index (χ3n) is 4.02. The summed E-state index contributed by atoms with van der Waals surface area (Å²) in [7, 11) is 0. The molecule has 25 heavy (non-hydrogen) atoms. The van der Waals surface area contributed by atoms with Gasteiger partial charge in [-0.3, -0.25) is 4.79 Å². The van der Waals surface area contributed by atoms with Gasteiger partial charge in [-0.2, -0.15) is 0 Å². The molecule has 5 heteroatoms. The van der Waals surface area contributed by atoms with Crippen LogP contribution in [0.4, 0.5) is 0 Å². The van der Waals surface area contributed by atoms with E-state index in [4.69, 9.17) is 9.84 Å². The Balaban J connectivity index is 0.00000312. The Morgan fingerprint density at radius 3 is 2.28 bits per heavy atom. The fraction of sp³-hybridized carbons (Fsp3) is 0.400. The van der Waals surface area contributed by atoms with E-state index in [2.05, 4.69) is 6.92 Å². The van der Waals surface area contributed by atoms with E-state index < -0.39 is 5.97 Å². The van der Waals surface area contributed by atoms with Gasteiger partial charge in [0.1, 0.15) is 5.75 Å². The number of carboxylic acids is 1. The van der Waals surface area contributed by atoms with Gasteiger partial charge in [0.05, 0.1) is 5.56 Å². The molecule has 2 aromatic carbocycles. The molecule has 0 aliphatic heterocycles. The Labute approximate surface area is 154 Å². The maximum absolute atomic E-state index is 11.9. The van der Waals surface area contributed by atoms with Crippen LogP contribution in [0.2, 0.25) is 0 Å². The molecule has 136 valence electrons. The Bertz CT molecular complexity index is 712. The largest absolute Gasteiger partial charge is 0.478 e. The molecule has 0 aliphatic rings. The molecule has 0 aromatic heterocycles. The highest BCUT2D eigenvalue weighted by Crippen LogP contribution is 2.22. The summed E-state index contributed by atoms with van der Waals surface area (Å²) in [4.78, 5) is 22.9. The highest BCUT2D eigenvalue weighted by Gasteiger charge is 2.07. The van der Waals surface area contributed by atoms with Crippen LogP contribution in [0.1, 0.15) is 62.2 Å². The van der Waals surface area contributed by atoms with Crippen LogP contribution >= 0.6 is 12.4 Å². The SMILES string of the molecule is CCCCCCCCC(=O)Oc1ccc2cc(C(=O)O)ccc2c1.Cl. The first-order valence-corrected chi connectivity index (χ1v) is 8.58. The summed E-state index contributed by atoms with van der Waals surface area (Å²) in [5.74, 6) is -0.667. The van der Waals surface area contributed by atoms with Crippen molar-refractivity contribution in [3.8, 4) is 5.75 Å². The number of carbonyl (C=O) groups is 2. The molecule has 0 amide bonds. The van der Waals surface area contributed by atoms with Crippen molar-refractivity contribution in [2.45, 2.75) is 51.9 Å². The number of esters is 1. The summed E-state index contributed by atoms with van der Waals surface area (Å²) in [5, 5.41) is 10.7. The van der Waals surface area contributed by atoms with Gasteiger partial charge in [-0.1, -0.05) is 51.2 Å². The molecular weight excluding hydrogens is 340 g/mol. The van der Waals surface area contributed by atoms with E-state index in [0.717, 1.165) is 23.6 Å². The van der Waals surface area contributed by atoms with Crippen molar-refractivity contribution in [2.75, 3.05) is 0 Å². The van der Waals surface area contributed by atoms with Crippen molar-refractivity contribution in [3.63, 3.8) is 0 Å². The predicted molar refractivity (Wildman–Crippen MR) is 102 cm³/mol. The van der Waals surface area contributed by atoms with Gasteiger partial charge in [-0.05, 0) is 41.5 Å². The minimum Gasteiger partial charge on any atom is -0.478 e. The first-order valence-electron chi connectivity index (χ1n) is 8.58. The molecule has 2 aromatic rings. The lowest BCUT2D eigenvalue weighted by atomic mass is 10.1. The number of hydrogen-bond donors (Lipinski definition) is 1. The van der Waals surface area contributed by atoms with E-state index in [1.54, 1.807) is 36.4 Å². The van der Waals surface area contributed by atoms with Crippen LogP contribution in [-0.4, -0.2) is 17.0 Å². The lowest BCUT2D eigenvalue weighted by Crippen LogP contribution is -2.07. The second-order valence-electron chi connectivity index (χ2n) is 6.02. The van der Waals surface area contributed by atoms with E-state index in [1.807, 2.05) is 0 Å². The number of hydrogen-bond acceptors (Lipinski definition) is 3. The van der Waals surface area contributed by atoms with E-state index in [9.17, 15) is 9.59 Å². The minimum absolute atomic E-state index is 0. The lowest BCUT2D eigenvalue weighted by Gasteiger charge is -2.06. The van der Waals surface area contributed by atoms with E-state index >= 15 is 0 Å². The summed E-state index contributed by atoms with van der Waals surface area (Å²) < 4.78 is 5.37. The van der Waals surface area contributed by atoms with Crippen molar-refractivity contribution in [3.05, 3.63) is 42.0 Å². The molecule has 0 radical (unpaired) electrons. The topological polar surface area (TPSA) is 63.6 Å². The molecule has 2 rings (SSSR count). The smallest absolute Gasteiger partial charge is 0.335 e. The summed E-state index contributed by atoms with van der Waals surface area (Å²) in [6, 6.07) is 10.1. The van der Waals surface area contributed by atoms with Crippen molar-refractivity contribution in [1.29, 1.82) is 0 Å². The van der Waals surface area contributed by atoms with Gasteiger partial charge in [0.25, 0.3) is 0 Å². The fourth-order valence-electron chi connectivity index (χ4n) is 2.65. The summed E-state index contributed by atoms with van der Waals surface area (Å²) in [6.45, 7) is 2.18. The number of fused-ring (bicyclic) bond motifs is 1. The summed E-state index contributed by atoms with van der Waals surface area (Å²) >= 11 is 0. The van der Waals surface area contributed by atoms with Gasteiger partial charge >= 0.3 is 11.9 Å². The number of ether oxygens (including phenoxy) is 1. The van der Waals surface area contributed by atoms with Gasteiger partial charge in [0.15, 0.2) is 0 Å². The fourth-order valence-corrected chi connectivity index (χ4v) is 2.65. The number of carboxylic acid groups (broad SMARTS) is 1. The molecule has 0 spiro atoms. The van der Waals surface area contributed by atoms with Crippen molar-refractivity contribution in [1.82, 2.24) is 0 Å². The second-order valence-corrected chi connectivity index (χ2v) is 6.02. The number of benzene rings is 2. The molecule has 0 saturated heterocycles. The molecule has 0 aliphatic carbocycles. The molecule has 0 fully saturated rings. The summed E-state index contributed by atoms with van der Waals surface area (Å²) in [5.41, 5.74) is 0.246. The van der Waals surface area contributed by atoms with Crippen molar-refractivity contribution < 1.29 is 19.4 Å². The third-order valence-corrected chi connectivity index (χ3v) is 4.02. The van der Waals surface area contributed by atoms with Crippen LogP contribution in [0.5, 0.6) is 5.75 Å². The lowest BCUT2D eigenvalue weighted by molar-refractivity contribution is -0.134. The van der Waals surface area contributed by atoms with E-state index in [1.165, 1.54) is 25.7 Å². The minimum atomic E-state index is -0.952. The Hall–Kier alpha value is -2.07. The quantitative estimate of drug-likeness (QED) is 0.356. The monoisotopic (exact) mass is 364 g/mol. The first kappa shape index (κ1) is 21.0. The normalized spacial score (nSPS) is 10.3. The van der Waals surface area contributed by atoms with Crippen LogP contribution < -0.4 is 4.74 Å². The zero-order valence-corrected chi connectivity index (χ0v) is 15.3. The van der Waals surface area contributed by atoms with Crippen LogP contribution in [0.25, 0.3) is 10.8 Å². The van der Waals surface area contributed by atoms with Gasteiger partial charge in [0, 0.05) is 6.42 Å². The number of rotatable bonds is 9. The molecule has 1 N–H and O–H groups in total. The number of aromatic carboxylic acids is 1. The second kappa shape index (κ2) is 10.7. The Kier molecular flexibility index (Phi) is 9.00. The molecule has 0 bridgehead atoms. The first-order chi connectivity index (χ1) is 11.6. The highest BCUT2D eigenvalue weighted by atomic mass is 35.5. The maximum atomic E-state index is 11.9. The standard InChI is InChI=1S/C20H24O4.ClH/c1-2-3-4-5-6-7-8-19(21)24-18-12-11-15-13-17(20(22)23)10-9-16(15)14-18;/h9-14H,2-8H2,1H3,(H,22,23);1H. The maximum Gasteiger partial charge on any atom is 0.335 e. The van der Waals surface area contributed by atoms with Gasteiger partial charge < -0.3 is 9.84 Å². The predicted octanol–water partition coefficient (Wildman–Crippen LogP) is 5.62. The highest BCUT2D eigenvalue weighted by molar-refractivity contribution is 5.94. The van der Waals surface area contributed by atoms with Crippen LogP contribution in [0.3, 0.4) is 0 Å². The zero-order valence-electron chi connectivity index (χ0n) is 14.5. The zero-order chi connectivity index (χ0) is 17.4. The molecule has 0 heterocycles. The average Bonchev–Trinajstić information content (AvgIpc) is 2.57. The van der Waals surface area contributed by atoms with Crippen LogP contribution in [0.15, 0.2) is 36.4 Å². The van der Waals surface area contributed by atoms with Crippen molar-refractivity contribution >= 4 is 35.1 Å². The molecule has 0 unspecified atom stereocenters. The van der Waals surface area contributed by atoms with Gasteiger partial charge in [-0.15, -0.1) is 12.4 Å².